The van der Waals surface area contributed by atoms with E-state index in [4.69, 9.17) is 4.42 Å². The Hall–Kier alpha value is -0.770. The van der Waals surface area contributed by atoms with E-state index in [-0.39, 0.29) is 11.3 Å². The van der Waals surface area contributed by atoms with Crippen molar-refractivity contribution in [2.45, 2.75) is 45.4 Å². The van der Waals surface area contributed by atoms with Crippen LogP contribution in [0.1, 0.15) is 55.3 Å². The van der Waals surface area contributed by atoms with Gasteiger partial charge in [-0.25, -0.2) is 0 Å². The molecule has 3 nitrogen and oxygen atoms in total. The largest absolute Gasteiger partial charge is 0.456 e. The van der Waals surface area contributed by atoms with Crippen molar-refractivity contribution in [1.82, 2.24) is 5.32 Å². The van der Waals surface area contributed by atoms with Gasteiger partial charge < -0.3 is 9.73 Å². The minimum Gasteiger partial charge on any atom is -0.456 e. The molecule has 0 spiro atoms. The lowest BCUT2D eigenvalue weighted by atomic mass is 9.75. The van der Waals surface area contributed by atoms with Gasteiger partial charge >= 0.3 is 0 Å². The van der Waals surface area contributed by atoms with Crippen LogP contribution in [-0.2, 0) is 6.42 Å². The topological polar surface area (TPSA) is 42.2 Å². The molecule has 106 valence electrons. The van der Waals surface area contributed by atoms with Crippen LogP contribution in [0.4, 0.5) is 0 Å². The molecule has 1 aromatic heterocycles. The van der Waals surface area contributed by atoms with Crippen LogP contribution in [0.15, 0.2) is 16.5 Å². The number of halogens is 1. The molecule has 1 amide bonds. The molecule has 1 aromatic rings. The van der Waals surface area contributed by atoms with E-state index in [1.165, 1.54) is 32.1 Å². The van der Waals surface area contributed by atoms with Gasteiger partial charge in [-0.2, -0.15) is 0 Å². The fourth-order valence-electron chi connectivity index (χ4n) is 2.70. The van der Waals surface area contributed by atoms with Crippen LogP contribution in [0.5, 0.6) is 0 Å². The van der Waals surface area contributed by atoms with Crippen molar-refractivity contribution >= 4 is 21.8 Å². The average molecular weight is 328 g/mol. The van der Waals surface area contributed by atoms with Crippen LogP contribution < -0.4 is 5.32 Å². The van der Waals surface area contributed by atoms with Crippen LogP contribution in [0.2, 0.25) is 0 Å². The van der Waals surface area contributed by atoms with Crippen LogP contribution in [0, 0.1) is 5.41 Å². The second kappa shape index (κ2) is 6.60. The summed E-state index contributed by atoms with van der Waals surface area (Å²) in [6.07, 6.45) is 7.05. The summed E-state index contributed by atoms with van der Waals surface area (Å²) in [7, 11) is 0. The highest BCUT2D eigenvalue weighted by atomic mass is 79.9. The molecule has 0 radical (unpaired) electrons. The highest BCUT2D eigenvalue weighted by Crippen LogP contribution is 2.37. The molecule has 0 unspecified atom stereocenters. The van der Waals surface area contributed by atoms with Crippen molar-refractivity contribution < 1.29 is 9.21 Å². The minimum absolute atomic E-state index is 0.0920. The summed E-state index contributed by atoms with van der Waals surface area (Å²) in [5, 5.41) is 3.99. The van der Waals surface area contributed by atoms with Crippen LogP contribution in [0.25, 0.3) is 0 Å². The van der Waals surface area contributed by atoms with Gasteiger partial charge in [0.15, 0.2) is 5.76 Å². The van der Waals surface area contributed by atoms with Crippen molar-refractivity contribution in [2.24, 2.45) is 5.41 Å². The molecule has 1 aliphatic rings. The third kappa shape index (κ3) is 3.62. The van der Waals surface area contributed by atoms with Crippen molar-refractivity contribution in [3.8, 4) is 0 Å². The molecule has 1 N–H and O–H groups in total. The zero-order valence-electron chi connectivity index (χ0n) is 11.5. The summed E-state index contributed by atoms with van der Waals surface area (Å²) >= 11 is 3.62. The standard InChI is InChI=1S/C15H22BrNO2/c1-2-12-6-7-13(19-12)14(18)17-11-15(10-16)8-4-3-5-9-15/h6-7H,2-5,8-11H2,1H3,(H,17,18). The quantitative estimate of drug-likeness (QED) is 0.833. The summed E-state index contributed by atoms with van der Waals surface area (Å²) in [6, 6.07) is 3.63. The zero-order chi connectivity index (χ0) is 13.7. The smallest absolute Gasteiger partial charge is 0.287 e. The predicted octanol–water partition coefficient (Wildman–Crippen LogP) is 3.92. The Morgan fingerprint density at radius 3 is 2.68 bits per heavy atom. The highest BCUT2D eigenvalue weighted by Gasteiger charge is 2.31. The first-order valence-corrected chi connectivity index (χ1v) is 8.24. The molecule has 19 heavy (non-hydrogen) atoms. The van der Waals surface area contributed by atoms with Gasteiger partial charge in [-0.15, -0.1) is 0 Å². The Morgan fingerprint density at radius 1 is 1.37 bits per heavy atom. The molecule has 0 saturated heterocycles. The maximum Gasteiger partial charge on any atom is 0.287 e. The Labute approximate surface area is 123 Å². The van der Waals surface area contributed by atoms with Gasteiger partial charge in [0, 0.05) is 18.3 Å². The van der Waals surface area contributed by atoms with Crippen molar-refractivity contribution in [1.29, 1.82) is 0 Å². The van der Waals surface area contributed by atoms with E-state index >= 15 is 0 Å². The summed E-state index contributed by atoms with van der Waals surface area (Å²) in [5.41, 5.74) is 0.230. The Bertz CT molecular complexity index is 422. The first-order valence-electron chi connectivity index (χ1n) is 7.12. The average Bonchev–Trinajstić information content (AvgIpc) is 2.95. The van der Waals surface area contributed by atoms with E-state index in [9.17, 15) is 4.79 Å². The van der Waals surface area contributed by atoms with Crippen molar-refractivity contribution in [3.63, 3.8) is 0 Å². The van der Waals surface area contributed by atoms with E-state index in [1.54, 1.807) is 6.07 Å². The molecule has 0 bridgehead atoms. The van der Waals surface area contributed by atoms with Gasteiger partial charge in [-0.05, 0) is 30.4 Å². The molecular formula is C15H22BrNO2. The lowest BCUT2D eigenvalue weighted by Crippen LogP contribution is -2.40. The molecule has 1 aliphatic carbocycles. The Kier molecular flexibility index (Phi) is 5.08. The monoisotopic (exact) mass is 327 g/mol. The number of nitrogens with one attached hydrogen (secondary N) is 1. The van der Waals surface area contributed by atoms with Gasteiger partial charge in [0.1, 0.15) is 5.76 Å². The first-order chi connectivity index (χ1) is 9.19. The van der Waals surface area contributed by atoms with E-state index < -0.39 is 0 Å². The number of furan rings is 1. The molecule has 1 heterocycles. The van der Waals surface area contributed by atoms with Crippen LogP contribution in [-0.4, -0.2) is 17.8 Å². The van der Waals surface area contributed by atoms with Gasteiger partial charge in [0.2, 0.25) is 0 Å². The second-order valence-corrected chi connectivity index (χ2v) is 6.06. The molecule has 4 heteroatoms. The molecule has 2 rings (SSSR count). The Morgan fingerprint density at radius 2 is 2.11 bits per heavy atom. The first kappa shape index (κ1) is 14.6. The maximum absolute atomic E-state index is 12.1. The van der Waals surface area contributed by atoms with E-state index in [0.717, 1.165) is 24.1 Å². The van der Waals surface area contributed by atoms with E-state index in [0.29, 0.717) is 5.76 Å². The number of amides is 1. The molecule has 0 aliphatic heterocycles. The molecular weight excluding hydrogens is 306 g/mol. The highest BCUT2D eigenvalue weighted by molar-refractivity contribution is 9.09. The van der Waals surface area contributed by atoms with Gasteiger partial charge in [0.25, 0.3) is 5.91 Å². The van der Waals surface area contributed by atoms with Crippen molar-refractivity contribution in [2.75, 3.05) is 11.9 Å². The van der Waals surface area contributed by atoms with Crippen LogP contribution >= 0.6 is 15.9 Å². The zero-order valence-corrected chi connectivity index (χ0v) is 13.1. The number of alkyl halides is 1. The number of carbonyl (C=O) groups excluding carboxylic acids is 1. The summed E-state index contributed by atoms with van der Waals surface area (Å²) < 4.78 is 5.48. The number of rotatable bonds is 5. The van der Waals surface area contributed by atoms with E-state index in [1.807, 2.05) is 13.0 Å². The van der Waals surface area contributed by atoms with E-state index in [2.05, 4.69) is 21.2 Å². The lowest BCUT2D eigenvalue weighted by molar-refractivity contribution is 0.0892. The lowest BCUT2D eigenvalue weighted by Gasteiger charge is -2.35. The van der Waals surface area contributed by atoms with Crippen molar-refractivity contribution in [3.05, 3.63) is 23.7 Å². The fourth-order valence-corrected chi connectivity index (χ4v) is 3.46. The maximum atomic E-state index is 12.1. The van der Waals surface area contributed by atoms with Crippen LogP contribution in [0.3, 0.4) is 0 Å². The van der Waals surface area contributed by atoms with Gasteiger partial charge in [-0.1, -0.05) is 42.1 Å². The number of hydrogen-bond donors (Lipinski definition) is 1. The molecule has 1 fully saturated rings. The Balaban J connectivity index is 1.91. The van der Waals surface area contributed by atoms with Gasteiger partial charge in [-0.3, -0.25) is 4.79 Å². The molecule has 0 atom stereocenters. The third-order valence-electron chi connectivity index (χ3n) is 4.06. The summed E-state index contributed by atoms with van der Waals surface area (Å²) in [6.45, 7) is 2.75. The number of hydrogen-bond acceptors (Lipinski definition) is 2. The minimum atomic E-state index is -0.0920. The fraction of sp³-hybridized carbons (Fsp3) is 0.667. The predicted molar refractivity (Wildman–Crippen MR) is 79.7 cm³/mol. The molecule has 1 saturated carbocycles. The second-order valence-electron chi connectivity index (χ2n) is 5.50. The summed E-state index contributed by atoms with van der Waals surface area (Å²) in [4.78, 5) is 12.1. The number of aryl methyl sites for hydroxylation is 1. The summed E-state index contributed by atoms with van der Waals surface area (Å²) in [5.74, 6) is 1.20. The number of carbonyl (C=O) groups is 1. The van der Waals surface area contributed by atoms with Gasteiger partial charge in [0.05, 0.1) is 0 Å². The third-order valence-corrected chi connectivity index (χ3v) is 5.25. The molecule has 0 aromatic carbocycles. The SMILES string of the molecule is CCc1ccc(C(=O)NCC2(CBr)CCCCC2)o1. The normalized spacial score (nSPS) is 18.2.